The number of hydrogen-bond acceptors (Lipinski definition) is 3. The van der Waals surface area contributed by atoms with Gasteiger partial charge in [0, 0.05) is 0 Å². The van der Waals surface area contributed by atoms with Crippen LogP contribution in [0, 0.1) is 0 Å². The summed E-state index contributed by atoms with van der Waals surface area (Å²) in [6.07, 6.45) is 4.63. The van der Waals surface area contributed by atoms with Crippen molar-refractivity contribution in [2.24, 2.45) is 5.73 Å². The van der Waals surface area contributed by atoms with Crippen molar-refractivity contribution in [1.29, 1.82) is 0 Å². The lowest BCUT2D eigenvalue weighted by Gasteiger charge is -2.22. The summed E-state index contributed by atoms with van der Waals surface area (Å²) < 4.78 is 31.3. The summed E-state index contributed by atoms with van der Waals surface area (Å²) in [5.41, 5.74) is 6.95. The first kappa shape index (κ1) is 16.1. The van der Waals surface area contributed by atoms with E-state index in [4.69, 9.17) is 10.3 Å². The Bertz CT molecular complexity index is 483. The Morgan fingerprint density at radius 1 is 1.37 bits per heavy atom. The third-order valence-corrected chi connectivity index (χ3v) is 4.44. The molecule has 0 radical (unpaired) electrons. The molecule has 0 aromatic heterocycles. The summed E-state index contributed by atoms with van der Waals surface area (Å²) >= 11 is 0. The Morgan fingerprint density at radius 2 is 2.05 bits per heavy atom. The van der Waals surface area contributed by atoms with Crippen LogP contribution in [-0.2, 0) is 16.5 Å². The van der Waals surface area contributed by atoms with Gasteiger partial charge in [-0.15, -0.1) is 0 Å². The highest BCUT2D eigenvalue weighted by molar-refractivity contribution is 7.86. The molecular formula is C14H23NO3S. The Labute approximate surface area is 115 Å². The molecule has 0 heterocycles. The number of aryl methyl sites for hydroxylation is 1. The summed E-state index contributed by atoms with van der Waals surface area (Å²) in [5, 5.41) is -0.715. The highest BCUT2D eigenvalue weighted by Crippen LogP contribution is 2.34. The zero-order valence-corrected chi connectivity index (χ0v) is 12.2. The van der Waals surface area contributed by atoms with Crippen LogP contribution in [0.3, 0.4) is 0 Å². The molecule has 1 aliphatic carbocycles. The van der Waals surface area contributed by atoms with Crippen molar-refractivity contribution in [2.45, 2.75) is 44.3 Å². The molecule has 1 aromatic carbocycles. The van der Waals surface area contributed by atoms with Crippen molar-refractivity contribution >= 4 is 10.1 Å². The molecule has 0 aliphatic heterocycles. The van der Waals surface area contributed by atoms with E-state index in [1.165, 1.54) is 12.8 Å². The largest absolute Gasteiger partial charge is 0.330 e. The zero-order valence-electron chi connectivity index (χ0n) is 11.4. The lowest BCUT2D eigenvalue weighted by Crippen LogP contribution is -2.17. The van der Waals surface area contributed by atoms with E-state index in [-0.39, 0.29) is 0 Å². The molecular weight excluding hydrogens is 262 g/mol. The molecule has 5 heteroatoms. The SMILES string of the molecule is CCCCN.O=S(=O)(O)C1CCCc2ccccc21. The molecule has 0 saturated carbocycles. The monoisotopic (exact) mass is 285 g/mol. The van der Waals surface area contributed by atoms with Crippen LogP contribution in [0.15, 0.2) is 24.3 Å². The van der Waals surface area contributed by atoms with Gasteiger partial charge >= 0.3 is 0 Å². The van der Waals surface area contributed by atoms with Crippen molar-refractivity contribution < 1.29 is 13.0 Å². The first-order chi connectivity index (χ1) is 9.00. The van der Waals surface area contributed by atoms with Gasteiger partial charge in [0.25, 0.3) is 10.1 Å². The second-order valence-corrected chi connectivity index (χ2v) is 6.34. The first-order valence-electron chi connectivity index (χ1n) is 6.74. The second-order valence-electron chi connectivity index (χ2n) is 4.74. The molecule has 108 valence electrons. The number of rotatable bonds is 3. The maximum Gasteiger partial charge on any atom is 0.271 e. The van der Waals surface area contributed by atoms with Gasteiger partial charge in [0.15, 0.2) is 0 Å². The fourth-order valence-electron chi connectivity index (χ4n) is 2.22. The molecule has 1 aliphatic rings. The summed E-state index contributed by atoms with van der Waals surface area (Å²) in [7, 11) is -3.94. The molecule has 19 heavy (non-hydrogen) atoms. The van der Waals surface area contributed by atoms with Gasteiger partial charge in [-0.25, -0.2) is 0 Å². The summed E-state index contributed by atoms with van der Waals surface area (Å²) in [5.74, 6) is 0. The van der Waals surface area contributed by atoms with Crippen LogP contribution < -0.4 is 5.73 Å². The van der Waals surface area contributed by atoms with Crippen molar-refractivity contribution in [3.8, 4) is 0 Å². The topological polar surface area (TPSA) is 80.4 Å². The van der Waals surface area contributed by atoms with Crippen molar-refractivity contribution in [3.05, 3.63) is 35.4 Å². The molecule has 1 atom stereocenters. The van der Waals surface area contributed by atoms with Gasteiger partial charge in [0.05, 0.1) is 0 Å². The van der Waals surface area contributed by atoms with E-state index in [0.29, 0.717) is 6.42 Å². The van der Waals surface area contributed by atoms with Crippen LogP contribution in [0.25, 0.3) is 0 Å². The van der Waals surface area contributed by atoms with Gasteiger partial charge in [-0.1, -0.05) is 37.6 Å². The van der Waals surface area contributed by atoms with Crippen molar-refractivity contribution in [1.82, 2.24) is 0 Å². The van der Waals surface area contributed by atoms with Crippen LogP contribution in [-0.4, -0.2) is 19.5 Å². The molecule has 2 rings (SSSR count). The van der Waals surface area contributed by atoms with E-state index in [2.05, 4.69) is 6.92 Å². The number of fused-ring (bicyclic) bond motifs is 1. The molecule has 3 N–H and O–H groups in total. The predicted molar refractivity (Wildman–Crippen MR) is 77.6 cm³/mol. The zero-order chi connectivity index (χ0) is 14.3. The van der Waals surface area contributed by atoms with Gasteiger partial charge < -0.3 is 5.73 Å². The van der Waals surface area contributed by atoms with Gasteiger partial charge in [-0.3, -0.25) is 4.55 Å². The van der Waals surface area contributed by atoms with Crippen molar-refractivity contribution in [2.75, 3.05) is 6.54 Å². The van der Waals surface area contributed by atoms with E-state index in [1.54, 1.807) is 6.07 Å². The van der Waals surface area contributed by atoms with Gasteiger partial charge in [0.1, 0.15) is 5.25 Å². The van der Waals surface area contributed by atoms with Crippen LogP contribution in [0.5, 0.6) is 0 Å². The Morgan fingerprint density at radius 3 is 2.58 bits per heavy atom. The highest BCUT2D eigenvalue weighted by Gasteiger charge is 2.29. The number of unbranched alkanes of at least 4 members (excludes halogenated alkanes) is 1. The Hall–Kier alpha value is -0.910. The third kappa shape index (κ3) is 4.93. The van der Waals surface area contributed by atoms with E-state index >= 15 is 0 Å². The van der Waals surface area contributed by atoms with E-state index in [0.717, 1.165) is 30.5 Å². The maximum atomic E-state index is 11.1. The Kier molecular flexibility index (Phi) is 6.48. The first-order valence-corrected chi connectivity index (χ1v) is 8.25. The molecule has 0 saturated heterocycles. The Balaban J connectivity index is 0.000000312. The molecule has 0 spiro atoms. The fraction of sp³-hybridized carbons (Fsp3) is 0.571. The molecule has 1 unspecified atom stereocenters. The smallest absolute Gasteiger partial charge is 0.271 e. The van der Waals surface area contributed by atoms with Crippen LogP contribution in [0.2, 0.25) is 0 Å². The van der Waals surface area contributed by atoms with Gasteiger partial charge in [-0.05, 0) is 43.4 Å². The van der Waals surface area contributed by atoms with E-state index in [9.17, 15) is 8.42 Å². The van der Waals surface area contributed by atoms with E-state index < -0.39 is 15.4 Å². The van der Waals surface area contributed by atoms with E-state index in [1.807, 2.05) is 18.2 Å². The highest BCUT2D eigenvalue weighted by atomic mass is 32.2. The van der Waals surface area contributed by atoms with Gasteiger partial charge in [0.2, 0.25) is 0 Å². The average molecular weight is 285 g/mol. The molecule has 0 fully saturated rings. The van der Waals surface area contributed by atoms with Crippen LogP contribution in [0.1, 0.15) is 49.0 Å². The second kappa shape index (κ2) is 7.62. The standard InChI is InChI=1S/C10H12O3S.C4H11N/c11-14(12,13)10-7-3-5-8-4-1-2-6-9(8)10;1-2-3-4-5/h1-2,4,6,10H,3,5,7H2,(H,11,12,13);2-5H2,1H3. The summed E-state index contributed by atoms with van der Waals surface area (Å²) in [6.45, 7) is 2.98. The maximum absolute atomic E-state index is 11.1. The predicted octanol–water partition coefficient (Wildman–Crippen LogP) is 2.70. The minimum Gasteiger partial charge on any atom is -0.330 e. The number of benzene rings is 1. The number of hydrogen-bond donors (Lipinski definition) is 2. The third-order valence-electron chi connectivity index (χ3n) is 3.23. The summed E-state index contributed by atoms with van der Waals surface area (Å²) in [6, 6.07) is 7.41. The van der Waals surface area contributed by atoms with Crippen molar-refractivity contribution in [3.63, 3.8) is 0 Å². The van der Waals surface area contributed by atoms with Gasteiger partial charge in [-0.2, -0.15) is 8.42 Å². The lowest BCUT2D eigenvalue weighted by atomic mass is 9.91. The molecule has 0 bridgehead atoms. The van der Waals surface area contributed by atoms with Crippen LogP contribution >= 0.6 is 0 Å². The average Bonchev–Trinajstić information content (AvgIpc) is 2.39. The minimum atomic E-state index is -3.94. The quantitative estimate of drug-likeness (QED) is 0.837. The number of nitrogens with two attached hydrogens (primary N) is 1. The normalized spacial score (nSPS) is 18.2. The summed E-state index contributed by atoms with van der Waals surface area (Å²) in [4.78, 5) is 0. The fourth-order valence-corrected chi connectivity index (χ4v) is 3.24. The molecule has 4 nitrogen and oxygen atoms in total. The molecule has 0 amide bonds. The minimum absolute atomic E-state index is 0.524. The van der Waals surface area contributed by atoms with Crippen LogP contribution in [0.4, 0.5) is 0 Å². The molecule has 1 aromatic rings. The lowest BCUT2D eigenvalue weighted by molar-refractivity contribution is 0.457.